The highest BCUT2D eigenvalue weighted by Crippen LogP contribution is 2.28. The van der Waals surface area contributed by atoms with Crippen LogP contribution in [0, 0.1) is 6.92 Å². The molecule has 0 aromatic carbocycles. The average molecular weight is 383 g/mol. The SMILES string of the molecule is CSc1nc(C)cc(N2CCN(Cc3ccnc(C(F)(F)F)c3)CC2)n1. The van der Waals surface area contributed by atoms with Crippen molar-refractivity contribution in [2.75, 3.05) is 37.3 Å². The predicted octanol–water partition coefficient (Wildman–Crippen LogP) is 3.24. The third kappa shape index (κ3) is 4.64. The van der Waals surface area contributed by atoms with Gasteiger partial charge >= 0.3 is 6.18 Å². The first-order chi connectivity index (χ1) is 12.3. The van der Waals surface area contributed by atoms with Crippen LogP contribution in [0.2, 0.25) is 0 Å². The first-order valence-corrected chi connectivity index (χ1v) is 9.47. The van der Waals surface area contributed by atoms with Gasteiger partial charge in [0.15, 0.2) is 5.16 Å². The summed E-state index contributed by atoms with van der Waals surface area (Å²) in [5, 5.41) is 0.749. The van der Waals surface area contributed by atoms with Crippen LogP contribution in [0.5, 0.6) is 0 Å². The van der Waals surface area contributed by atoms with Crippen molar-refractivity contribution in [3.05, 3.63) is 41.3 Å². The van der Waals surface area contributed by atoms with Crippen molar-refractivity contribution in [3.63, 3.8) is 0 Å². The number of anilines is 1. The lowest BCUT2D eigenvalue weighted by Crippen LogP contribution is -2.46. The largest absolute Gasteiger partial charge is 0.433 e. The lowest BCUT2D eigenvalue weighted by molar-refractivity contribution is -0.141. The van der Waals surface area contributed by atoms with Gasteiger partial charge in [0.25, 0.3) is 0 Å². The van der Waals surface area contributed by atoms with Gasteiger partial charge in [-0.3, -0.25) is 9.88 Å². The molecule has 1 saturated heterocycles. The first kappa shape index (κ1) is 18.9. The van der Waals surface area contributed by atoms with E-state index in [0.29, 0.717) is 12.1 Å². The molecule has 1 fully saturated rings. The molecule has 0 bridgehead atoms. The van der Waals surface area contributed by atoms with Crippen molar-refractivity contribution in [2.45, 2.75) is 24.8 Å². The molecule has 0 saturated carbocycles. The molecule has 5 nitrogen and oxygen atoms in total. The fourth-order valence-corrected chi connectivity index (χ4v) is 3.32. The lowest BCUT2D eigenvalue weighted by atomic mass is 10.2. The van der Waals surface area contributed by atoms with Crippen LogP contribution in [0.1, 0.15) is 17.0 Å². The second-order valence-corrected chi connectivity index (χ2v) is 6.94. The summed E-state index contributed by atoms with van der Waals surface area (Å²) in [6, 6.07) is 4.74. The van der Waals surface area contributed by atoms with Crippen LogP contribution < -0.4 is 4.90 Å². The number of alkyl halides is 3. The van der Waals surface area contributed by atoms with Gasteiger partial charge in [0.1, 0.15) is 11.5 Å². The summed E-state index contributed by atoms with van der Waals surface area (Å²) >= 11 is 1.51. The van der Waals surface area contributed by atoms with Gasteiger partial charge in [-0.2, -0.15) is 13.2 Å². The minimum absolute atomic E-state index is 0.484. The van der Waals surface area contributed by atoms with Crippen molar-refractivity contribution >= 4 is 17.6 Å². The first-order valence-electron chi connectivity index (χ1n) is 8.24. The second-order valence-electron chi connectivity index (χ2n) is 6.16. The molecule has 1 aliphatic heterocycles. The topological polar surface area (TPSA) is 45.2 Å². The van der Waals surface area contributed by atoms with E-state index in [-0.39, 0.29) is 0 Å². The van der Waals surface area contributed by atoms with E-state index in [1.807, 2.05) is 19.2 Å². The van der Waals surface area contributed by atoms with Gasteiger partial charge in [0.05, 0.1) is 0 Å². The highest BCUT2D eigenvalue weighted by atomic mass is 32.2. The zero-order valence-electron chi connectivity index (χ0n) is 14.6. The zero-order valence-corrected chi connectivity index (χ0v) is 15.4. The van der Waals surface area contributed by atoms with Crippen LogP contribution in [0.4, 0.5) is 19.0 Å². The van der Waals surface area contributed by atoms with Crippen LogP contribution in [-0.2, 0) is 12.7 Å². The maximum absolute atomic E-state index is 12.8. The second kappa shape index (κ2) is 7.79. The highest BCUT2D eigenvalue weighted by molar-refractivity contribution is 7.98. The molecule has 2 aromatic rings. The molecule has 3 rings (SSSR count). The number of nitrogens with zero attached hydrogens (tertiary/aromatic N) is 5. The van der Waals surface area contributed by atoms with Gasteiger partial charge < -0.3 is 4.90 Å². The molecular weight excluding hydrogens is 363 g/mol. The molecule has 0 amide bonds. The average Bonchev–Trinajstić information content (AvgIpc) is 2.61. The Morgan fingerprint density at radius 2 is 1.85 bits per heavy atom. The van der Waals surface area contributed by atoms with E-state index in [9.17, 15) is 13.2 Å². The van der Waals surface area contributed by atoms with Crippen molar-refractivity contribution in [2.24, 2.45) is 0 Å². The van der Waals surface area contributed by atoms with Crippen molar-refractivity contribution in [1.82, 2.24) is 19.9 Å². The number of piperazine rings is 1. The molecule has 26 heavy (non-hydrogen) atoms. The molecule has 9 heteroatoms. The van der Waals surface area contributed by atoms with Gasteiger partial charge in [-0.05, 0) is 30.9 Å². The lowest BCUT2D eigenvalue weighted by Gasteiger charge is -2.35. The molecule has 0 N–H and O–H groups in total. The molecule has 3 heterocycles. The maximum atomic E-state index is 12.8. The van der Waals surface area contributed by atoms with Gasteiger partial charge in [-0.15, -0.1) is 0 Å². The quantitative estimate of drug-likeness (QED) is 0.597. The van der Waals surface area contributed by atoms with Crippen LogP contribution in [-0.4, -0.2) is 52.3 Å². The zero-order chi connectivity index (χ0) is 18.7. The Kier molecular flexibility index (Phi) is 5.67. The number of pyridine rings is 1. The molecule has 140 valence electrons. The molecule has 0 radical (unpaired) electrons. The Bertz CT molecular complexity index is 760. The Morgan fingerprint density at radius 1 is 1.12 bits per heavy atom. The normalized spacial score (nSPS) is 16.1. The number of hydrogen-bond acceptors (Lipinski definition) is 6. The molecule has 2 aromatic heterocycles. The van der Waals surface area contributed by atoms with Crippen LogP contribution in [0.3, 0.4) is 0 Å². The monoisotopic (exact) mass is 383 g/mol. The maximum Gasteiger partial charge on any atom is 0.433 e. The Hall–Kier alpha value is -1.87. The molecule has 0 spiro atoms. The van der Waals surface area contributed by atoms with Crippen molar-refractivity contribution in [1.29, 1.82) is 0 Å². The fraction of sp³-hybridized carbons (Fsp3) is 0.471. The third-order valence-corrected chi connectivity index (χ3v) is 4.77. The van der Waals surface area contributed by atoms with Gasteiger partial charge in [-0.1, -0.05) is 11.8 Å². The summed E-state index contributed by atoms with van der Waals surface area (Å²) in [4.78, 5) is 16.7. The number of rotatable bonds is 4. The fourth-order valence-electron chi connectivity index (χ4n) is 2.90. The number of aromatic nitrogens is 3. The van der Waals surface area contributed by atoms with Crippen LogP contribution in [0.25, 0.3) is 0 Å². The molecular formula is C17H20F3N5S. The smallest absolute Gasteiger partial charge is 0.354 e. The number of halogens is 3. The van der Waals surface area contributed by atoms with E-state index in [1.54, 1.807) is 6.07 Å². The van der Waals surface area contributed by atoms with Gasteiger partial charge in [-0.25, -0.2) is 9.97 Å². The molecule has 0 aliphatic carbocycles. The van der Waals surface area contributed by atoms with Crippen molar-refractivity contribution in [3.8, 4) is 0 Å². The van der Waals surface area contributed by atoms with Crippen LogP contribution >= 0.6 is 11.8 Å². The Morgan fingerprint density at radius 3 is 2.50 bits per heavy atom. The minimum Gasteiger partial charge on any atom is -0.354 e. The standard InChI is InChI=1S/C17H20F3N5S/c1-12-9-15(23-16(22-12)26-2)25-7-5-24(6-8-25)11-13-3-4-21-14(10-13)17(18,19)20/h3-4,9-10H,5-8,11H2,1-2H3. The molecule has 0 atom stereocenters. The van der Waals surface area contributed by atoms with E-state index < -0.39 is 11.9 Å². The Labute approximate surface area is 154 Å². The third-order valence-electron chi connectivity index (χ3n) is 4.22. The number of hydrogen-bond donors (Lipinski definition) is 0. The Balaban J connectivity index is 1.62. The van der Waals surface area contributed by atoms with E-state index in [2.05, 4.69) is 24.8 Å². The van der Waals surface area contributed by atoms with E-state index in [4.69, 9.17) is 0 Å². The summed E-state index contributed by atoms with van der Waals surface area (Å²) in [6.45, 7) is 5.52. The van der Waals surface area contributed by atoms with Crippen LogP contribution in [0.15, 0.2) is 29.6 Å². The molecule has 0 unspecified atom stereocenters. The summed E-state index contributed by atoms with van der Waals surface area (Å²) in [7, 11) is 0. The summed E-state index contributed by atoms with van der Waals surface area (Å²) < 4.78 is 38.3. The van der Waals surface area contributed by atoms with Gasteiger partial charge in [0.2, 0.25) is 0 Å². The van der Waals surface area contributed by atoms with Crippen molar-refractivity contribution < 1.29 is 13.2 Å². The number of aryl methyl sites for hydroxylation is 1. The van der Waals surface area contributed by atoms with Gasteiger partial charge in [0, 0.05) is 50.7 Å². The van der Waals surface area contributed by atoms with E-state index in [0.717, 1.165) is 48.9 Å². The molecule has 1 aliphatic rings. The summed E-state index contributed by atoms with van der Waals surface area (Å²) in [5.41, 5.74) is 0.719. The van der Waals surface area contributed by atoms with E-state index >= 15 is 0 Å². The summed E-state index contributed by atoms with van der Waals surface area (Å²) in [5.74, 6) is 0.907. The minimum atomic E-state index is -4.41. The summed E-state index contributed by atoms with van der Waals surface area (Å²) in [6.07, 6.45) is -1.24. The number of thioether (sulfide) groups is 1. The predicted molar refractivity (Wildman–Crippen MR) is 95.3 cm³/mol. The highest BCUT2D eigenvalue weighted by Gasteiger charge is 2.32. The van der Waals surface area contributed by atoms with E-state index in [1.165, 1.54) is 18.0 Å².